The van der Waals surface area contributed by atoms with Gasteiger partial charge in [-0.15, -0.1) is 0 Å². The SMILES string of the molecule is COc1cc(/C=N\NC(=O)COc2ccccc2)ccc1OCc1ccc(Br)cc1. The Hall–Kier alpha value is -3.32. The van der Waals surface area contributed by atoms with Crippen molar-refractivity contribution < 1.29 is 19.0 Å². The molecule has 1 N–H and O–H groups in total. The van der Waals surface area contributed by atoms with Gasteiger partial charge in [-0.25, -0.2) is 5.43 Å². The zero-order chi connectivity index (χ0) is 21.2. The number of hydrogen-bond acceptors (Lipinski definition) is 5. The van der Waals surface area contributed by atoms with Crippen molar-refractivity contribution in [3.05, 3.63) is 88.4 Å². The van der Waals surface area contributed by atoms with Gasteiger partial charge in [-0.1, -0.05) is 46.3 Å². The number of amides is 1. The highest BCUT2D eigenvalue weighted by Crippen LogP contribution is 2.28. The van der Waals surface area contributed by atoms with Crippen molar-refractivity contribution >= 4 is 28.1 Å². The van der Waals surface area contributed by atoms with Crippen molar-refractivity contribution in [3.8, 4) is 17.2 Å². The van der Waals surface area contributed by atoms with Crippen LogP contribution < -0.4 is 19.6 Å². The van der Waals surface area contributed by atoms with Gasteiger partial charge in [0.25, 0.3) is 5.91 Å². The van der Waals surface area contributed by atoms with Crippen LogP contribution in [0.1, 0.15) is 11.1 Å². The molecular weight excluding hydrogens is 448 g/mol. The second-order valence-corrected chi connectivity index (χ2v) is 7.14. The minimum atomic E-state index is -0.350. The molecule has 3 rings (SSSR count). The molecule has 154 valence electrons. The molecule has 0 aliphatic heterocycles. The molecule has 0 saturated heterocycles. The van der Waals surface area contributed by atoms with Gasteiger partial charge in [0, 0.05) is 4.47 Å². The first kappa shape index (κ1) is 21.4. The predicted molar refractivity (Wildman–Crippen MR) is 119 cm³/mol. The lowest BCUT2D eigenvalue weighted by Gasteiger charge is -2.11. The highest BCUT2D eigenvalue weighted by Gasteiger charge is 2.06. The van der Waals surface area contributed by atoms with Crippen LogP contribution in [-0.2, 0) is 11.4 Å². The Balaban J connectivity index is 1.52. The summed E-state index contributed by atoms with van der Waals surface area (Å²) in [7, 11) is 1.57. The van der Waals surface area contributed by atoms with E-state index in [4.69, 9.17) is 14.2 Å². The van der Waals surface area contributed by atoms with Crippen LogP contribution in [0, 0.1) is 0 Å². The second-order valence-electron chi connectivity index (χ2n) is 6.22. The molecule has 1 amide bonds. The molecular formula is C23H21BrN2O4. The first-order valence-electron chi connectivity index (χ1n) is 9.19. The van der Waals surface area contributed by atoms with E-state index in [1.807, 2.05) is 48.5 Å². The number of methoxy groups -OCH3 is 1. The maximum absolute atomic E-state index is 11.8. The van der Waals surface area contributed by atoms with E-state index in [0.29, 0.717) is 23.9 Å². The minimum absolute atomic E-state index is 0.118. The molecule has 6 nitrogen and oxygen atoms in total. The van der Waals surface area contributed by atoms with E-state index in [9.17, 15) is 4.79 Å². The van der Waals surface area contributed by atoms with Crippen LogP contribution in [0.4, 0.5) is 0 Å². The average Bonchev–Trinajstić information content (AvgIpc) is 2.78. The van der Waals surface area contributed by atoms with E-state index in [-0.39, 0.29) is 12.5 Å². The number of benzene rings is 3. The monoisotopic (exact) mass is 468 g/mol. The van der Waals surface area contributed by atoms with Crippen LogP contribution in [0.3, 0.4) is 0 Å². The molecule has 0 radical (unpaired) electrons. The number of para-hydroxylation sites is 1. The average molecular weight is 469 g/mol. The molecule has 3 aromatic carbocycles. The number of ether oxygens (including phenoxy) is 3. The molecule has 0 heterocycles. The molecule has 0 saturated carbocycles. The number of hydrazone groups is 1. The Kier molecular flexibility index (Phi) is 7.86. The number of rotatable bonds is 9. The van der Waals surface area contributed by atoms with Gasteiger partial charge in [0.1, 0.15) is 12.4 Å². The van der Waals surface area contributed by atoms with Gasteiger partial charge in [0.15, 0.2) is 18.1 Å². The molecule has 3 aromatic rings. The topological polar surface area (TPSA) is 69.2 Å². The molecule has 30 heavy (non-hydrogen) atoms. The van der Waals surface area contributed by atoms with Crippen molar-refractivity contribution in [2.75, 3.05) is 13.7 Å². The number of nitrogens with one attached hydrogen (secondary N) is 1. The summed E-state index contributed by atoms with van der Waals surface area (Å²) >= 11 is 3.41. The van der Waals surface area contributed by atoms with Gasteiger partial charge in [-0.3, -0.25) is 4.79 Å². The summed E-state index contributed by atoms with van der Waals surface area (Å²) in [5.74, 6) is 1.48. The van der Waals surface area contributed by atoms with E-state index >= 15 is 0 Å². The normalized spacial score (nSPS) is 10.6. The van der Waals surface area contributed by atoms with E-state index < -0.39 is 0 Å². The minimum Gasteiger partial charge on any atom is -0.493 e. The Morgan fingerprint density at radius 1 is 1.00 bits per heavy atom. The van der Waals surface area contributed by atoms with Crippen molar-refractivity contribution in [3.63, 3.8) is 0 Å². The van der Waals surface area contributed by atoms with E-state index in [1.165, 1.54) is 6.21 Å². The third-order valence-corrected chi connectivity index (χ3v) is 4.54. The Morgan fingerprint density at radius 3 is 2.50 bits per heavy atom. The van der Waals surface area contributed by atoms with Gasteiger partial charge in [0.2, 0.25) is 0 Å². The summed E-state index contributed by atoms with van der Waals surface area (Å²) in [5, 5.41) is 3.96. The number of nitrogens with zero attached hydrogens (tertiary/aromatic N) is 1. The molecule has 0 bridgehead atoms. The quantitative estimate of drug-likeness (QED) is 0.369. The van der Waals surface area contributed by atoms with Crippen molar-refractivity contribution in [2.45, 2.75) is 6.61 Å². The fourth-order valence-corrected chi connectivity index (χ4v) is 2.77. The van der Waals surface area contributed by atoms with Crippen LogP contribution in [0.5, 0.6) is 17.2 Å². The summed E-state index contributed by atoms with van der Waals surface area (Å²) in [6.07, 6.45) is 1.53. The van der Waals surface area contributed by atoms with Crippen molar-refractivity contribution in [1.82, 2.24) is 5.43 Å². The summed E-state index contributed by atoms with van der Waals surface area (Å²) < 4.78 is 17.6. The van der Waals surface area contributed by atoms with Gasteiger partial charge in [-0.05, 0) is 53.6 Å². The lowest BCUT2D eigenvalue weighted by Crippen LogP contribution is -2.24. The lowest BCUT2D eigenvalue weighted by atomic mass is 10.2. The molecule has 0 spiro atoms. The summed E-state index contributed by atoms with van der Waals surface area (Å²) in [6.45, 7) is 0.308. The van der Waals surface area contributed by atoms with Gasteiger partial charge in [-0.2, -0.15) is 5.10 Å². The summed E-state index contributed by atoms with van der Waals surface area (Å²) in [5.41, 5.74) is 4.24. The summed E-state index contributed by atoms with van der Waals surface area (Å²) in [4.78, 5) is 11.8. The second kappa shape index (κ2) is 11.0. The van der Waals surface area contributed by atoms with Crippen LogP contribution in [0.25, 0.3) is 0 Å². The fraction of sp³-hybridized carbons (Fsp3) is 0.130. The van der Waals surface area contributed by atoms with E-state index in [1.54, 1.807) is 31.4 Å². The maximum Gasteiger partial charge on any atom is 0.277 e. The zero-order valence-electron chi connectivity index (χ0n) is 16.4. The van der Waals surface area contributed by atoms with Gasteiger partial charge >= 0.3 is 0 Å². The zero-order valence-corrected chi connectivity index (χ0v) is 18.0. The summed E-state index contributed by atoms with van der Waals surface area (Å²) in [6, 6.07) is 22.4. The van der Waals surface area contributed by atoms with Crippen molar-refractivity contribution in [2.24, 2.45) is 5.10 Å². The fourth-order valence-electron chi connectivity index (χ4n) is 2.50. The Morgan fingerprint density at radius 2 is 1.77 bits per heavy atom. The molecule has 7 heteroatoms. The first-order chi connectivity index (χ1) is 14.6. The number of carbonyl (C=O) groups excluding carboxylic acids is 1. The maximum atomic E-state index is 11.8. The molecule has 0 aliphatic rings. The number of carbonyl (C=O) groups is 1. The Bertz CT molecular complexity index is 992. The van der Waals surface area contributed by atoms with Crippen LogP contribution in [-0.4, -0.2) is 25.8 Å². The standard InChI is InChI=1S/C23H21BrN2O4/c1-28-22-13-18(9-12-21(22)30-15-17-7-10-19(24)11-8-17)14-25-26-23(27)16-29-20-5-3-2-4-6-20/h2-14H,15-16H2,1H3,(H,26,27)/b25-14-. The van der Waals surface area contributed by atoms with Crippen LogP contribution in [0.15, 0.2) is 82.4 Å². The van der Waals surface area contributed by atoms with Crippen LogP contribution in [0.2, 0.25) is 0 Å². The largest absolute Gasteiger partial charge is 0.493 e. The highest BCUT2D eigenvalue weighted by atomic mass is 79.9. The third kappa shape index (κ3) is 6.63. The first-order valence-corrected chi connectivity index (χ1v) is 9.98. The third-order valence-electron chi connectivity index (χ3n) is 4.01. The van der Waals surface area contributed by atoms with E-state index in [2.05, 4.69) is 26.5 Å². The predicted octanol–water partition coefficient (Wildman–Crippen LogP) is 4.57. The highest BCUT2D eigenvalue weighted by molar-refractivity contribution is 9.10. The van der Waals surface area contributed by atoms with E-state index in [0.717, 1.165) is 15.6 Å². The smallest absolute Gasteiger partial charge is 0.277 e. The van der Waals surface area contributed by atoms with Gasteiger partial charge < -0.3 is 14.2 Å². The Labute approximate surface area is 183 Å². The lowest BCUT2D eigenvalue weighted by molar-refractivity contribution is -0.123. The molecule has 0 aliphatic carbocycles. The molecule has 0 unspecified atom stereocenters. The molecule has 0 fully saturated rings. The number of hydrogen-bond donors (Lipinski definition) is 1. The number of halogens is 1. The van der Waals surface area contributed by atoms with Gasteiger partial charge in [0.05, 0.1) is 13.3 Å². The van der Waals surface area contributed by atoms with Crippen LogP contribution >= 0.6 is 15.9 Å². The molecule has 0 atom stereocenters. The van der Waals surface area contributed by atoms with Crippen molar-refractivity contribution in [1.29, 1.82) is 0 Å². The molecule has 0 aromatic heterocycles.